The third-order valence-electron chi connectivity index (χ3n) is 2.87. The van der Waals surface area contributed by atoms with Gasteiger partial charge < -0.3 is 11.1 Å². The molecule has 5 heteroatoms. The van der Waals surface area contributed by atoms with E-state index in [1.54, 1.807) is 11.3 Å². The first kappa shape index (κ1) is 14.5. The quantitative estimate of drug-likeness (QED) is 0.763. The van der Waals surface area contributed by atoms with Gasteiger partial charge in [0, 0.05) is 20.6 Å². The predicted molar refractivity (Wildman–Crippen MR) is 91.0 cm³/mol. The zero-order valence-corrected chi connectivity index (χ0v) is 13.7. The molecule has 0 amide bonds. The van der Waals surface area contributed by atoms with Crippen molar-refractivity contribution in [2.45, 2.75) is 19.4 Å². The Morgan fingerprint density at radius 1 is 1.47 bits per heavy atom. The van der Waals surface area contributed by atoms with Crippen molar-refractivity contribution in [2.75, 3.05) is 5.32 Å². The van der Waals surface area contributed by atoms with Crippen molar-refractivity contribution in [1.82, 2.24) is 0 Å². The maximum absolute atomic E-state index is 5.65. The van der Waals surface area contributed by atoms with E-state index in [1.807, 2.05) is 18.2 Å². The SMILES string of the molecule is CCC(Nc1ccc(C(N)=S)c(Br)c1)c1cccs1. The third-order valence-corrected chi connectivity index (χ3v) is 4.73. The van der Waals surface area contributed by atoms with E-state index in [-0.39, 0.29) is 0 Å². The molecule has 2 rings (SSSR count). The second-order valence-corrected chi connectivity index (χ2v) is 6.45. The van der Waals surface area contributed by atoms with E-state index >= 15 is 0 Å². The lowest BCUT2D eigenvalue weighted by atomic mass is 10.1. The van der Waals surface area contributed by atoms with Gasteiger partial charge in [-0.1, -0.05) is 25.2 Å². The highest BCUT2D eigenvalue weighted by molar-refractivity contribution is 9.10. The molecular formula is C14H15BrN2S2. The Kier molecular flexibility index (Phi) is 4.96. The van der Waals surface area contributed by atoms with Gasteiger partial charge in [-0.05, 0) is 52.0 Å². The number of nitrogens with one attached hydrogen (secondary N) is 1. The second-order valence-electron chi connectivity index (χ2n) is 4.18. The van der Waals surface area contributed by atoms with Crippen molar-refractivity contribution < 1.29 is 0 Å². The number of halogens is 1. The van der Waals surface area contributed by atoms with E-state index in [9.17, 15) is 0 Å². The minimum atomic E-state index is 0.336. The molecule has 0 aliphatic rings. The molecule has 0 saturated heterocycles. The predicted octanol–water partition coefficient (Wildman–Crippen LogP) is 4.71. The lowest BCUT2D eigenvalue weighted by Crippen LogP contribution is -2.11. The van der Waals surface area contributed by atoms with Crippen LogP contribution >= 0.6 is 39.5 Å². The number of hydrogen-bond acceptors (Lipinski definition) is 3. The highest BCUT2D eigenvalue weighted by atomic mass is 79.9. The summed E-state index contributed by atoms with van der Waals surface area (Å²) >= 11 is 10.3. The lowest BCUT2D eigenvalue weighted by Gasteiger charge is -2.17. The first-order valence-electron chi connectivity index (χ1n) is 6.01. The van der Waals surface area contributed by atoms with Gasteiger partial charge in [-0.3, -0.25) is 0 Å². The fourth-order valence-corrected chi connectivity index (χ4v) is 3.63. The number of thiophene rings is 1. The number of anilines is 1. The summed E-state index contributed by atoms with van der Waals surface area (Å²) in [6.45, 7) is 2.18. The molecule has 1 heterocycles. The average molecular weight is 355 g/mol. The Hall–Kier alpha value is -0.910. The standard InChI is InChI=1S/C14H15BrN2S2/c1-2-12(13-4-3-7-19-13)17-9-5-6-10(14(16)18)11(15)8-9/h3-8,12,17H,2H2,1H3,(H2,16,18). The molecule has 3 N–H and O–H groups in total. The van der Waals surface area contributed by atoms with Crippen LogP contribution in [0.2, 0.25) is 0 Å². The van der Waals surface area contributed by atoms with Crippen LogP contribution in [0.25, 0.3) is 0 Å². The van der Waals surface area contributed by atoms with Crippen molar-refractivity contribution in [1.29, 1.82) is 0 Å². The molecule has 0 fully saturated rings. The van der Waals surface area contributed by atoms with Crippen molar-refractivity contribution in [3.05, 3.63) is 50.6 Å². The van der Waals surface area contributed by atoms with Crippen LogP contribution in [0.5, 0.6) is 0 Å². The van der Waals surface area contributed by atoms with Gasteiger partial charge in [0.05, 0.1) is 6.04 Å². The van der Waals surface area contributed by atoms with Gasteiger partial charge in [-0.2, -0.15) is 0 Å². The van der Waals surface area contributed by atoms with Crippen LogP contribution in [0, 0.1) is 0 Å². The monoisotopic (exact) mass is 354 g/mol. The van der Waals surface area contributed by atoms with Crippen LogP contribution in [0.4, 0.5) is 5.69 Å². The van der Waals surface area contributed by atoms with E-state index < -0.39 is 0 Å². The smallest absolute Gasteiger partial charge is 0.105 e. The zero-order chi connectivity index (χ0) is 13.8. The van der Waals surface area contributed by atoms with Gasteiger partial charge in [-0.25, -0.2) is 0 Å². The van der Waals surface area contributed by atoms with E-state index in [1.165, 1.54) is 4.88 Å². The summed E-state index contributed by atoms with van der Waals surface area (Å²) in [4.78, 5) is 1.75. The zero-order valence-electron chi connectivity index (χ0n) is 10.5. The van der Waals surface area contributed by atoms with Gasteiger partial charge in [0.1, 0.15) is 4.99 Å². The molecule has 1 unspecified atom stereocenters. The van der Waals surface area contributed by atoms with E-state index in [4.69, 9.17) is 18.0 Å². The molecule has 19 heavy (non-hydrogen) atoms. The van der Waals surface area contributed by atoms with Crippen LogP contribution < -0.4 is 11.1 Å². The minimum absolute atomic E-state index is 0.336. The van der Waals surface area contributed by atoms with Crippen LogP contribution in [0.1, 0.15) is 29.8 Å². The molecule has 0 spiro atoms. The fourth-order valence-electron chi connectivity index (χ4n) is 1.87. The molecule has 1 atom stereocenters. The Bertz CT molecular complexity index is 567. The van der Waals surface area contributed by atoms with Gasteiger partial charge in [-0.15, -0.1) is 11.3 Å². The van der Waals surface area contributed by atoms with Crippen molar-refractivity contribution in [2.24, 2.45) is 5.73 Å². The number of hydrogen-bond donors (Lipinski definition) is 2. The summed E-state index contributed by atoms with van der Waals surface area (Å²) < 4.78 is 0.922. The fraction of sp³-hybridized carbons (Fsp3) is 0.214. The highest BCUT2D eigenvalue weighted by Crippen LogP contribution is 2.28. The summed E-state index contributed by atoms with van der Waals surface area (Å²) in [5.74, 6) is 0. The Morgan fingerprint density at radius 2 is 2.26 bits per heavy atom. The Labute approximate surface area is 131 Å². The molecule has 100 valence electrons. The Balaban J connectivity index is 2.19. The molecule has 0 aliphatic carbocycles. The second kappa shape index (κ2) is 6.50. The van der Waals surface area contributed by atoms with Crippen molar-refractivity contribution in [3.8, 4) is 0 Å². The third kappa shape index (κ3) is 3.55. The van der Waals surface area contributed by atoms with Crippen molar-refractivity contribution in [3.63, 3.8) is 0 Å². The molecule has 1 aromatic heterocycles. The van der Waals surface area contributed by atoms with Gasteiger partial charge in [0.25, 0.3) is 0 Å². The van der Waals surface area contributed by atoms with Crippen LogP contribution in [0.3, 0.4) is 0 Å². The first-order valence-corrected chi connectivity index (χ1v) is 8.09. The summed E-state index contributed by atoms with van der Waals surface area (Å²) in [6.07, 6.45) is 1.04. The highest BCUT2D eigenvalue weighted by Gasteiger charge is 2.11. The Morgan fingerprint density at radius 3 is 2.79 bits per heavy atom. The summed E-state index contributed by atoms with van der Waals surface area (Å²) in [5.41, 5.74) is 7.58. The normalized spacial score (nSPS) is 12.1. The van der Waals surface area contributed by atoms with Crippen LogP contribution in [-0.2, 0) is 0 Å². The van der Waals surface area contributed by atoms with Crippen molar-refractivity contribution >= 4 is 50.2 Å². The van der Waals surface area contributed by atoms with Crippen LogP contribution in [-0.4, -0.2) is 4.99 Å². The minimum Gasteiger partial charge on any atom is -0.389 e. The molecule has 1 aromatic carbocycles. The summed E-state index contributed by atoms with van der Waals surface area (Å²) in [6, 6.07) is 10.5. The van der Waals surface area contributed by atoms with Gasteiger partial charge in [0.2, 0.25) is 0 Å². The first-order chi connectivity index (χ1) is 9.11. The molecule has 0 saturated carbocycles. The van der Waals surface area contributed by atoms with E-state index in [0.717, 1.165) is 22.1 Å². The largest absolute Gasteiger partial charge is 0.389 e. The number of rotatable bonds is 5. The van der Waals surface area contributed by atoms with Gasteiger partial charge >= 0.3 is 0 Å². The molecule has 0 bridgehead atoms. The number of thiocarbonyl (C=S) groups is 1. The maximum Gasteiger partial charge on any atom is 0.105 e. The molecular weight excluding hydrogens is 340 g/mol. The summed E-state index contributed by atoms with van der Waals surface area (Å²) in [5, 5.41) is 5.64. The molecule has 0 aliphatic heterocycles. The molecule has 2 nitrogen and oxygen atoms in total. The van der Waals surface area contributed by atoms with Gasteiger partial charge in [0.15, 0.2) is 0 Å². The average Bonchev–Trinajstić information content (AvgIpc) is 2.89. The van der Waals surface area contributed by atoms with Crippen LogP contribution in [0.15, 0.2) is 40.2 Å². The maximum atomic E-state index is 5.65. The number of nitrogens with two attached hydrogens (primary N) is 1. The van der Waals surface area contributed by atoms with E-state index in [0.29, 0.717) is 11.0 Å². The molecule has 2 aromatic rings. The van der Waals surface area contributed by atoms with E-state index in [2.05, 4.69) is 45.7 Å². The molecule has 0 radical (unpaired) electrons. The summed E-state index contributed by atoms with van der Waals surface area (Å²) in [7, 11) is 0. The lowest BCUT2D eigenvalue weighted by molar-refractivity contribution is 0.764. The number of benzene rings is 1. The topological polar surface area (TPSA) is 38.0 Å².